The molecule has 172 valence electrons. The van der Waals surface area contributed by atoms with E-state index in [0.29, 0.717) is 18.7 Å². The molecule has 2 aliphatic rings. The summed E-state index contributed by atoms with van der Waals surface area (Å²) in [5.41, 5.74) is 1.24. The van der Waals surface area contributed by atoms with Gasteiger partial charge in [-0.25, -0.2) is 0 Å². The maximum absolute atomic E-state index is 14.1. The maximum Gasteiger partial charge on any atom is 0.264 e. The van der Waals surface area contributed by atoms with Gasteiger partial charge in [0.1, 0.15) is 5.75 Å². The van der Waals surface area contributed by atoms with Crippen molar-refractivity contribution in [2.75, 3.05) is 18.6 Å². The zero-order valence-corrected chi connectivity index (χ0v) is 22.0. The molecule has 0 aromatic heterocycles. The first-order valence-electron chi connectivity index (χ1n) is 10.9. The second kappa shape index (κ2) is 8.71. The van der Waals surface area contributed by atoms with Gasteiger partial charge in [0.25, 0.3) is 5.91 Å². The van der Waals surface area contributed by atoms with Crippen LogP contribution in [0, 0.1) is 9.49 Å². The summed E-state index contributed by atoms with van der Waals surface area (Å²) in [6.07, 6.45) is -0.000647. The average molecular weight is 567 g/mol. The molecule has 2 aromatic rings. The second-order valence-corrected chi connectivity index (χ2v) is 14.5. The number of ether oxygens (including phenoxy) is 2. The van der Waals surface area contributed by atoms with Crippen LogP contribution in [0.25, 0.3) is 0 Å². The Morgan fingerprint density at radius 1 is 1.25 bits per heavy atom. The summed E-state index contributed by atoms with van der Waals surface area (Å²) >= 11 is 2.27. The molecule has 4 rings (SSSR count). The highest BCUT2D eigenvalue weighted by atomic mass is 127. The molecule has 0 aliphatic carbocycles. The Morgan fingerprint density at radius 3 is 2.62 bits per heavy atom. The second-order valence-electron chi connectivity index (χ2n) is 9.28. The molecule has 1 spiro atoms. The average Bonchev–Trinajstić information content (AvgIpc) is 3.15. The Bertz CT molecular complexity index is 1030. The number of rotatable bonds is 6. The molecule has 0 unspecified atom stereocenters. The fourth-order valence-electron chi connectivity index (χ4n) is 5.56. The highest BCUT2D eigenvalue weighted by Crippen LogP contribution is 2.60. The number of fused-ring (bicyclic) bond motifs is 2. The van der Waals surface area contributed by atoms with Crippen LogP contribution >= 0.6 is 22.6 Å². The van der Waals surface area contributed by atoms with Crippen LogP contribution in [0.15, 0.2) is 42.5 Å². The molecule has 32 heavy (non-hydrogen) atoms. The number of amides is 1. The summed E-state index contributed by atoms with van der Waals surface area (Å²) in [6.45, 7) is 6.15. The van der Waals surface area contributed by atoms with Crippen LogP contribution in [0.5, 0.6) is 5.75 Å². The van der Waals surface area contributed by atoms with E-state index in [-0.39, 0.29) is 30.1 Å². The molecule has 0 saturated carbocycles. The van der Waals surface area contributed by atoms with E-state index in [1.54, 1.807) is 12.0 Å². The Balaban J connectivity index is 1.85. The van der Waals surface area contributed by atoms with E-state index in [0.717, 1.165) is 20.4 Å². The van der Waals surface area contributed by atoms with Crippen LogP contribution in [-0.2, 0) is 21.7 Å². The molecule has 0 bridgehead atoms. The largest absolute Gasteiger partial charge is 0.497 e. The zero-order chi connectivity index (χ0) is 23.3. The van der Waals surface area contributed by atoms with Crippen LogP contribution in [0.2, 0.25) is 18.6 Å². The third-order valence-corrected chi connectivity index (χ3v) is 10.0. The number of aliphatic hydroxyl groups is 1. The van der Waals surface area contributed by atoms with Crippen LogP contribution in [0.1, 0.15) is 24.5 Å². The zero-order valence-electron chi connectivity index (χ0n) is 18.8. The summed E-state index contributed by atoms with van der Waals surface area (Å²) in [7, 11) is -1.09. The van der Waals surface area contributed by atoms with E-state index >= 15 is 0 Å². The summed E-state index contributed by atoms with van der Waals surface area (Å²) in [5.74, 6) is 0.297. The van der Waals surface area contributed by atoms with Crippen LogP contribution in [0.3, 0.4) is 0 Å². The van der Waals surface area contributed by atoms with E-state index in [2.05, 4.69) is 28.7 Å². The van der Waals surface area contributed by atoms with Gasteiger partial charge in [-0.05, 0) is 78.0 Å². The minimum Gasteiger partial charge on any atom is -0.497 e. The molecule has 2 aromatic carbocycles. The summed E-state index contributed by atoms with van der Waals surface area (Å²) in [6, 6.07) is 13.8. The van der Waals surface area contributed by atoms with Crippen LogP contribution in [0.4, 0.5) is 5.69 Å². The Morgan fingerprint density at radius 2 is 2.00 bits per heavy atom. The van der Waals surface area contributed by atoms with E-state index in [1.165, 1.54) is 0 Å². The number of methoxy groups -OCH3 is 1. The van der Waals surface area contributed by atoms with E-state index in [9.17, 15) is 14.7 Å². The SMILES string of the molecule is COc1ccc2c(c1)[C@@]1(O[C@H](CCO)[C@@H]([Si](C)(C)O)[C@@H]1C)C(=O)N2Cc1cccc(I)c1. The number of aliphatic hydroxyl groups excluding tert-OH is 1. The number of halogens is 1. The molecule has 0 radical (unpaired) electrons. The van der Waals surface area contributed by atoms with Crippen molar-refractivity contribution < 1.29 is 24.2 Å². The minimum atomic E-state index is -2.70. The molecule has 2 heterocycles. The van der Waals surface area contributed by atoms with Gasteiger partial charge < -0.3 is 24.3 Å². The molecule has 1 amide bonds. The molecular weight excluding hydrogens is 537 g/mol. The van der Waals surface area contributed by atoms with Gasteiger partial charge in [-0.3, -0.25) is 4.79 Å². The van der Waals surface area contributed by atoms with Gasteiger partial charge in [-0.15, -0.1) is 0 Å². The fraction of sp³-hybridized carbons (Fsp3) is 0.458. The Hall–Kier alpha value is -1.46. The van der Waals surface area contributed by atoms with Crippen molar-refractivity contribution in [2.45, 2.75) is 50.2 Å². The van der Waals surface area contributed by atoms with Crippen molar-refractivity contribution in [1.29, 1.82) is 0 Å². The number of hydrogen-bond acceptors (Lipinski definition) is 5. The maximum atomic E-state index is 14.1. The van der Waals surface area contributed by atoms with E-state index in [4.69, 9.17) is 9.47 Å². The van der Waals surface area contributed by atoms with Crippen LogP contribution in [-0.4, -0.2) is 43.9 Å². The Kier molecular flexibility index (Phi) is 6.45. The lowest BCUT2D eigenvalue weighted by Gasteiger charge is -2.32. The lowest BCUT2D eigenvalue weighted by molar-refractivity contribution is -0.146. The normalized spacial score (nSPS) is 27.3. The molecule has 2 N–H and O–H groups in total. The van der Waals surface area contributed by atoms with Crippen molar-refractivity contribution in [3.8, 4) is 5.75 Å². The number of benzene rings is 2. The third-order valence-electron chi connectivity index (χ3n) is 6.83. The highest BCUT2D eigenvalue weighted by molar-refractivity contribution is 14.1. The molecule has 2 aliphatic heterocycles. The molecule has 4 atom stereocenters. The van der Waals surface area contributed by atoms with E-state index < -0.39 is 13.9 Å². The number of carbonyl (C=O) groups excluding carboxylic acids is 1. The summed E-state index contributed by atoms with van der Waals surface area (Å²) < 4.78 is 13.2. The number of nitrogens with zero attached hydrogens (tertiary/aromatic N) is 1. The van der Waals surface area contributed by atoms with Crippen molar-refractivity contribution in [2.24, 2.45) is 5.92 Å². The highest BCUT2D eigenvalue weighted by Gasteiger charge is 2.66. The molecule has 8 heteroatoms. The van der Waals surface area contributed by atoms with Gasteiger partial charge in [0.05, 0.1) is 25.4 Å². The van der Waals surface area contributed by atoms with Gasteiger partial charge in [-0.2, -0.15) is 0 Å². The monoisotopic (exact) mass is 567 g/mol. The number of anilines is 1. The smallest absolute Gasteiger partial charge is 0.264 e. The van der Waals surface area contributed by atoms with Crippen molar-refractivity contribution in [1.82, 2.24) is 0 Å². The fourth-order valence-corrected chi connectivity index (χ4v) is 8.77. The van der Waals surface area contributed by atoms with Gasteiger partial charge in [0, 0.05) is 27.2 Å². The molecular formula is C24H30INO5Si. The van der Waals surface area contributed by atoms with Crippen LogP contribution < -0.4 is 9.64 Å². The van der Waals surface area contributed by atoms with Crippen molar-refractivity contribution in [3.63, 3.8) is 0 Å². The molecule has 1 saturated heterocycles. The standard InChI is InChI=1S/C24H30INO5Si/c1-15-22(32(3,4)29)21(10-11-27)31-24(15)19-13-18(30-2)8-9-20(19)26(23(24)28)14-16-6-5-7-17(25)12-16/h5-9,12-13,15,21-22,27,29H,10-11,14H2,1-4H3/t15-,21+,22-,24+/m0/s1. The summed E-state index contributed by atoms with van der Waals surface area (Å²) in [5, 5.41) is 9.68. The van der Waals surface area contributed by atoms with Crippen molar-refractivity contribution >= 4 is 42.5 Å². The van der Waals surface area contributed by atoms with E-state index in [1.807, 2.05) is 56.4 Å². The van der Waals surface area contributed by atoms with Gasteiger partial charge in [-0.1, -0.05) is 19.1 Å². The number of hydrogen-bond donors (Lipinski definition) is 2. The van der Waals surface area contributed by atoms with Gasteiger partial charge in [0.2, 0.25) is 0 Å². The molecule has 6 nitrogen and oxygen atoms in total. The lowest BCUT2D eigenvalue weighted by atomic mass is 9.82. The quantitative estimate of drug-likeness (QED) is 0.407. The first kappa shape index (κ1) is 23.7. The Labute approximate surface area is 203 Å². The summed E-state index contributed by atoms with van der Waals surface area (Å²) in [4.78, 5) is 27.1. The topological polar surface area (TPSA) is 79.2 Å². The van der Waals surface area contributed by atoms with Gasteiger partial charge >= 0.3 is 0 Å². The van der Waals surface area contributed by atoms with Gasteiger partial charge in [0.15, 0.2) is 13.9 Å². The third kappa shape index (κ3) is 3.79. The first-order valence-corrected chi connectivity index (χ1v) is 15.0. The predicted molar refractivity (Wildman–Crippen MR) is 134 cm³/mol. The lowest BCUT2D eigenvalue weighted by Crippen LogP contribution is -2.46. The van der Waals surface area contributed by atoms with Crippen molar-refractivity contribution in [3.05, 3.63) is 57.2 Å². The minimum absolute atomic E-state index is 0.0558. The molecule has 1 fully saturated rings. The predicted octanol–water partition coefficient (Wildman–Crippen LogP) is 4.03. The number of carbonyl (C=O) groups is 1. The first-order chi connectivity index (χ1) is 15.1.